The number of carbonyl (C=O) groups is 1. The van der Waals surface area contributed by atoms with Crippen LogP contribution in [0, 0.1) is 5.82 Å². The Kier molecular flexibility index (Phi) is 5.09. The van der Waals surface area contributed by atoms with E-state index in [1.54, 1.807) is 30.2 Å². The van der Waals surface area contributed by atoms with Crippen molar-refractivity contribution in [2.45, 2.75) is 31.3 Å². The van der Waals surface area contributed by atoms with Gasteiger partial charge in [0.1, 0.15) is 5.82 Å². The zero-order valence-electron chi connectivity index (χ0n) is 11.7. The van der Waals surface area contributed by atoms with Crippen molar-refractivity contribution in [3.63, 3.8) is 0 Å². The van der Waals surface area contributed by atoms with Crippen LogP contribution >= 0.6 is 0 Å². The average Bonchev–Trinajstić information content (AvgIpc) is 2.57. The number of benzene rings is 1. The van der Waals surface area contributed by atoms with Crippen LogP contribution in [0.4, 0.5) is 4.39 Å². The molecule has 1 saturated heterocycles. The van der Waals surface area contributed by atoms with Gasteiger partial charge < -0.3 is 15.4 Å². The van der Waals surface area contributed by atoms with Crippen LogP contribution in [-0.2, 0) is 9.53 Å². The summed E-state index contributed by atoms with van der Waals surface area (Å²) >= 11 is 0. The highest BCUT2D eigenvalue weighted by molar-refractivity contribution is 5.77. The van der Waals surface area contributed by atoms with E-state index in [1.807, 2.05) is 0 Å². The molecule has 0 saturated carbocycles. The van der Waals surface area contributed by atoms with E-state index in [4.69, 9.17) is 10.5 Å². The van der Waals surface area contributed by atoms with Crippen LogP contribution in [0.15, 0.2) is 24.3 Å². The number of likely N-dealkylation sites (tertiary alicyclic amines) is 1. The number of nitrogens with two attached hydrogens (primary N) is 1. The molecule has 110 valence electrons. The molecule has 20 heavy (non-hydrogen) atoms. The summed E-state index contributed by atoms with van der Waals surface area (Å²) in [5, 5.41) is 0. The first-order chi connectivity index (χ1) is 9.65. The number of carbonyl (C=O) groups excluding carboxylic acids is 1. The third kappa shape index (κ3) is 3.16. The number of methoxy groups -OCH3 is 1. The largest absolute Gasteiger partial charge is 0.383 e. The molecule has 0 spiro atoms. The van der Waals surface area contributed by atoms with Crippen molar-refractivity contribution in [2.24, 2.45) is 5.73 Å². The van der Waals surface area contributed by atoms with Crippen molar-refractivity contribution in [1.29, 1.82) is 0 Å². The van der Waals surface area contributed by atoms with Crippen LogP contribution in [0.25, 0.3) is 0 Å². The Labute approximate surface area is 118 Å². The first kappa shape index (κ1) is 14.9. The normalized spacial score (nSPS) is 23.8. The van der Waals surface area contributed by atoms with Crippen LogP contribution in [0.5, 0.6) is 0 Å². The summed E-state index contributed by atoms with van der Waals surface area (Å²) in [6.07, 6.45) is 1.92. The maximum Gasteiger partial charge on any atom is 0.223 e. The maximum atomic E-state index is 14.1. The standard InChI is InChI=1S/C15H21FN2O2/c1-20-10-9-18-14(19)8-4-7-13(17)15(18)11-5-2-3-6-12(11)16/h2-3,5-6,13,15H,4,7-10,17H2,1H3. The molecule has 0 bridgehead atoms. The number of hydrogen-bond donors (Lipinski definition) is 1. The number of halogens is 1. The van der Waals surface area contributed by atoms with Gasteiger partial charge in [0.2, 0.25) is 5.91 Å². The van der Waals surface area contributed by atoms with Crippen molar-refractivity contribution in [3.05, 3.63) is 35.6 Å². The second-order valence-corrected chi connectivity index (χ2v) is 5.10. The SMILES string of the molecule is COCCN1C(=O)CCCC(N)C1c1ccccc1F. The van der Waals surface area contributed by atoms with E-state index in [2.05, 4.69) is 0 Å². The molecule has 1 aliphatic heterocycles. The summed E-state index contributed by atoms with van der Waals surface area (Å²) < 4.78 is 19.1. The van der Waals surface area contributed by atoms with E-state index >= 15 is 0 Å². The number of hydrogen-bond acceptors (Lipinski definition) is 3. The van der Waals surface area contributed by atoms with Crippen molar-refractivity contribution in [2.75, 3.05) is 20.3 Å². The summed E-state index contributed by atoms with van der Waals surface area (Å²) in [5.74, 6) is -0.298. The highest BCUT2D eigenvalue weighted by Crippen LogP contribution is 2.31. The number of rotatable bonds is 4. The number of amides is 1. The van der Waals surface area contributed by atoms with Gasteiger partial charge in [0.15, 0.2) is 0 Å². The third-order valence-corrected chi connectivity index (χ3v) is 3.75. The molecule has 1 heterocycles. The van der Waals surface area contributed by atoms with E-state index in [-0.39, 0.29) is 17.8 Å². The van der Waals surface area contributed by atoms with Gasteiger partial charge in [-0.1, -0.05) is 18.2 Å². The minimum Gasteiger partial charge on any atom is -0.383 e. The van der Waals surface area contributed by atoms with Crippen LogP contribution in [0.2, 0.25) is 0 Å². The minimum atomic E-state index is -0.415. The molecule has 1 aromatic rings. The Morgan fingerprint density at radius 2 is 2.20 bits per heavy atom. The molecule has 0 radical (unpaired) electrons. The van der Waals surface area contributed by atoms with E-state index in [9.17, 15) is 9.18 Å². The highest BCUT2D eigenvalue weighted by Gasteiger charge is 2.33. The highest BCUT2D eigenvalue weighted by atomic mass is 19.1. The summed E-state index contributed by atoms with van der Waals surface area (Å²) in [5.41, 5.74) is 6.69. The summed E-state index contributed by atoms with van der Waals surface area (Å²) in [7, 11) is 1.58. The van der Waals surface area contributed by atoms with Crippen molar-refractivity contribution < 1.29 is 13.9 Å². The Morgan fingerprint density at radius 1 is 1.45 bits per heavy atom. The summed E-state index contributed by atoms with van der Waals surface area (Å²) in [6.45, 7) is 0.853. The lowest BCUT2D eigenvalue weighted by Crippen LogP contribution is -2.44. The van der Waals surface area contributed by atoms with E-state index in [1.165, 1.54) is 6.07 Å². The molecular weight excluding hydrogens is 259 g/mol. The first-order valence-electron chi connectivity index (χ1n) is 6.93. The second kappa shape index (κ2) is 6.81. The molecule has 4 nitrogen and oxygen atoms in total. The number of ether oxygens (including phenoxy) is 1. The molecule has 1 aliphatic rings. The molecule has 1 fully saturated rings. The van der Waals surface area contributed by atoms with E-state index < -0.39 is 6.04 Å². The fraction of sp³-hybridized carbons (Fsp3) is 0.533. The van der Waals surface area contributed by atoms with Gasteiger partial charge in [0.05, 0.1) is 12.6 Å². The fourth-order valence-electron chi connectivity index (χ4n) is 2.74. The third-order valence-electron chi connectivity index (χ3n) is 3.75. The van der Waals surface area contributed by atoms with Crippen LogP contribution in [-0.4, -0.2) is 37.1 Å². The van der Waals surface area contributed by atoms with Crippen LogP contribution < -0.4 is 5.73 Å². The second-order valence-electron chi connectivity index (χ2n) is 5.10. The lowest BCUT2D eigenvalue weighted by molar-refractivity contribution is -0.134. The summed E-state index contributed by atoms with van der Waals surface area (Å²) in [4.78, 5) is 13.9. The minimum absolute atomic E-state index is 0.0169. The molecule has 2 unspecified atom stereocenters. The van der Waals surface area contributed by atoms with E-state index in [0.717, 1.165) is 6.42 Å². The number of nitrogens with zero attached hydrogens (tertiary/aromatic N) is 1. The predicted molar refractivity (Wildman–Crippen MR) is 74.6 cm³/mol. The predicted octanol–water partition coefficient (Wildman–Crippen LogP) is 1.85. The zero-order chi connectivity index (χ0) is 14.5. The average molecular weight is 280 g/mol. The van der Waals surface area contributed by atoms with Crippen LogP contribution in [0.3, 0.4) is 0 Å². The van der Waals surface area contributed by atoms with Crippen LogP contribution in [0.1, 0.15) is 30.9 Å². The molecule has 1 aromatic carbocycles. The van der Waals surface area contributed by atoms with Gasteiger partial charge >= 0.3 is 0 Å². The van der Waals surface area contributed by atoms with Gasteiger partial charge in [0, 0.05) is 31.7 Å². The lowest BCUT2D eigenvalue weighted by atomic mass is 9.96. The molecule has 2 atom stereocenters. The zero-order valence-corrected chi connectivity index (χ0v) is 11.7. The topological polar surface area (TPSA) is 55.6 Å². The monoisotopic (exact) mass is 280 g/mol. The van der Waals surface area contributed by atoms with Gasteiger partial charge in [-0.15, -0.1) is 0 Å². The van der Waals surface area contributed by atoms with Gasteiger partial charge in [0.25, 0.3) is 0 Å². The van der Waals surface area contributed by atoms with Crippen molar-refractivity contribution in [1.82, 2.24) is 4.90 Å². The summed E-state index contributed by atoms with van der Waals surface area (Å²) in [6, 6.07) is 5.86. The Balaban J connectivity index is 2.36. The molecule has 2 N–H and O–H groups in total. The Morgan fingerprint density at radius 3 is 2.90 bits per heavy atom. The van der Waals surface area contributed by atoms with Gasteiger partial charge in [-0.25, -0.2) is 4.39 Å². The molecule has 1 amide bonds. The first-order valence-corrected chi connectivity index (χ1v) is 6.93. The smallest absolute Gasteiger partial charge is 0.223 e. The quantitative estimate of drug-likeness (QED) is 0.915. The molecule has 0 aliphatic carbocycles. The van der Waals surface area contributed by atoms with E-state index in [0.29, 0.717) is 31.6 Å². The van der Waals surface area contributed by atoms with Gasteiger partial charge in [-0.3, -0.25) is 4.79 Å². The maximum absolute atomic E-state index is 14.1. The molecule has 0 aromatic heterocycles. The molecular formula is C15H21FN2O2. The fourth-order valence-corrected chi connectivity index (χ4v) is 2.74. The van der Waals surface area contributed by atoms with Crippen molar-refractivity contribution >= 4 is 5.91 Å². The van der Waals surface area contributed by atoms with Crippen molar-refractivity contribution in [3.8, 4) is 0 Å². The molecule has 2 rings (SSSR count). The Bertz CT molecular complexity index is 467. The van der Waals surface area contributed by atoms with Gasteiger partial charge in [-0.05, 0) is 18.9 Å². The van der Waals surface area contributed by atoms with Gasteiger partial charge in [-0.2, -0.15) is 0 Å². The lowest BCUT2D eigenvalue weighted by Gasteiger charge is -2.34. The molecule has 5 heteroatoms. The Hall–Kier alpha value is -1.46.